The van der Waals surface area contributed by atoms with Crippen LogP contribution in [-0.4, -0.2) is 35.9 Å². The largest absolute Gasteiger partial charge is 0.490 e. The highest BCUT2D eigenvalue weighted by atomic mass is 35.5. The van der Waals surface area contributed by atoms with Gasteiger partial charge in [0.15, 0.2) is 18.1 Å². The first-order valence-electron chi connectivity index (χ1n) is 9.00. The van der Waals surface area contributed by atoms with E-state index in [4.69, 9.17) is 30.2 Å². The third-order valence-corrected chi connectivity index (χ3v) is 3.90. The molecule has 2 aromatic carbocycles. The summed E-state index contributed by atoms with van der Waals surface area (Å²) in [5, 5.41) is 10.9. The number of hydrogen-bond donors (Lipinski definition) is 1. The van der Waals surface area contributed by atoms with Crippen LogP contribution in [0.4, 0.5) is 6.01 Å². The first-order valence-corrected chi connectivity index (χ1v) is 9.38. The number of rotatable bonds is 9. The third kappa shape index (κ3) is 5.61. The van der Waals surface area contributed by atoms with E-state index in [0.717, 1.165) is 0 Å². The standard InChI is InChI=1S/C20H20ClN3O5/c1-3-26-16-10-5-13(11-17(16)27-4-2)19-23-24-20(29-19)22-18(25)12-28-15-8-6-14(21)7-9-15/h5-11H,3-4,12H2,1-2H3,(H,22,24,25). The number of carbonyl (C=O) groups is 1. The van der Waals surface area contributed by atoms with Gasteiger partial charge in [0.25, 0.3) is 5.91 Å². The average Bonchev–Trinajstić information content (AvgIpc) is 3.17. The van der Waals surface area contributed by atoms with Gasteiger partial charge in [0.2, 0.25) is 5.89 Å². The quantitative estimate of drug-likeness (QED) is 0.557. The Bertz CT molecular complexity index is 959. The minimum absolute atomic E-state index is 0.0310. The Labute approximate surface area is 172 Å². The highest BCUT2D eigenvalue weighted by Crippen LogP contribution is 2.32. The lowest BCUT2D eigenvalue weighted by molar-refractivity contribution is -0.118. The molecule has 1 amide bonds. The molecule has 9 heteroatoms. The molecule has 0 aliphatic carbocycles. The van der Waals surface area contributed by atoms with Gasteiger partial charge in [-0.1, -0.05) is 16.7 Å². The van der Waals surface area contributed by atoms with Gasteiger partial charge in [-0.05, 0) is 56.3 Å². The van der Waals surface area contributed by atoms with E-state index in [1.807, 2.05) is 13.8 Å². The maximum absolute atomic E-state index is 12.0. The van der Waals surface area contributed by atoms with Crippen molar-refractivity contribution < 1.29 is 23.4 Å². The molecular weight excluding hydrogens is 398 g/mol. The minimum Gasteiger partial charge on any atom is -0.490 e. The number of ether oxygens (including phenoxy) is 3. The number of hydrogen-bond acceptors (Lipinski definition) is 7. The number of nitrogens with one attached hydrogen (secondary N) is 1. The second-order valence-electron chi connectivity index (χ2n) is 5.73. The third-order valence-electron chi connectivity index (χ3n) is 3.65. The summed E-state index contributed by atoms with van der Waals surface area (Å²) >= 11 is 5.81. The van der Waals surface area contributed by atoms with Gasteiger partial charge in [0.1, 0.15) is 5.75 Å². The van der Waals surface area contributed by atoms with Crippen molar-refractivity contribution in [1.82, 2.24) is 10.2 Å². The number of nitrogens with zero attached hydrogens (tertiary/aromatic N) is 2. The summed E-state index contributed by atoms with van der Waals surface area (Å²) < 4.78 is 22.0. The molecule has 0 saturated carbocycles. The normalized spacial score (nSPS) is 10.4. The fourth-order valence-electron chi connectivity index (χ4n) is 2.41. The van der Waals surface area contributed by atoms with E-state index in [0.29, 0.717) is 41.0 Å². The first kappa shape index (κ1) is 20.5. The Balaban J connectivity index is 1.63. The zero-order valence-electron chi connectivity index (χ0n) is 16.0. The molecule has 0 unspecified atom stereocenters. The maximum atomic E-state index is 12.0. The second-order valence-corrected chi connectivity index (χ2v) is 6.17. The van der Waals surface area contributed by atoms with Crippen molar-refractivity contribution in [2.24, 2.45) is 0 Å². The Hall–Kier alpha value is -3.26. The van der Waals surface area contributed by atoms with Crippen molar-refractivity contribution >= 4 is 23.5 Å². The molecule has 0 fully saturated rings. The molecule has 3 rings (SSSR count). The van der Waals surface area contributed by atoms with Crippen LogP contribution in [0.25, 0.3) is 11.5 Å². The SMILES string of the molecule is CCOc1ccc(-c2nnc(NC(=O)COc3ccc(Cl)cc3)o2)cc1OCC. The van der Waals surface area contributed by atoms with Crippen LogP contribution in [0.3, 0.4) is 0 Å². The van der Waals surface area contributed by atoms with E-state index in [2.05, 4.69) is 15.5 Å². The van der Waals surface area contributed by atoms with Crippen LogP contribution in [0.15, 0.2) is 46.9 Å². The van der Waals surface area contributed by atoms with E-state index in [-0.39, 0.29) is 18.5 Å². The van der Waals surface area contributed by atoms with Gasteiger partial charge in [-0.2, -0.15) is 0 Å². The van der Waals surface area contributed by atoms with E-state index >= 15 is 0 Å². The van der Waals surface area contributed by atoms with Gasteiger partial charge in [-0.3, -0.25) is 10.1 Å². The number of aromatic nitrogens is 2. The molecule has 8 nitrogen and oxygen atoms in total. The molecule has 1 heterocycles. The van der Waals surface area contributed by atoms with Gasteiger partial charge >= 0.3 is 6.01 Å². The molecule has 1 aromatic heterocycles. The van der Waals surface area contributed by atoms with Crippen molar-refractivity contribution in [1.29, 1.82) is 0 Å². The van der Waals surface area contributed by atoms with Gasteiger partial charge < -0.3 is 18.6 Å². The lowest BCUT2D eigenvalue weighted by Crippen LogP contribution is -2.20. The minimum atomic E-state index is -0.433. The van der Waals surface area contributed by atoms with Crippen molar-refractivity contribution in [3.63, 3.8) is 0 Å². The molecule has 3 aromatic rings. The Morgan fingerprint density at radius 3 is 2.45 bits per heavy atom. The number of carbonyl (C=O) groups excluding carboxylic acids is 1. The Morgan fingerprint density at radius 1 is 1.00 bits per heavy atom. The summed E-state index contributed by atoms with van der Waals surface area (Å²) in [6, 6.07) is 11.9. The molecule has 1 N–H and O–H groups in total. The van der Waals surface area contributed by atoms with Crippen LogP contribution >= 0.6 is 11.6 Å². The van der Waals surface area contributed by atoms with Crippen molar-refractivity contribution in [3.05, 3.63) is 47.5 Å². The van der Waals surface area contributed by atoms with E-state index in [1.165, 1.54) is 0 Å². The maximum Gasteiger partial charge on any atom is 0.322 e. The molecule has 0 aliphatic rings. The number of anilines is 1. The van der Waals surface area contributed by atoms with Crippen LogP contribution in [0.2, 0.25) is 5.02 Å². The van der Waals surface area contributed by atoms with Gasteiger partial charge in [0, 0.05) is 10.6 Å². The summed E-state index contributed by atoms with van der Waals surface area (Å²) in [5.74, 6) is 1.53. The highest BCUT2D eigenvalue weighted by molar-refractivity contribution is 6.30. The molecule has 152 valence electrons. The molecule has 0 spiro atoms. The molecular formula is C20H20ClN3O5. The highest BCUT2D eigenvalue weighted by Gasteiger charge is 2.14. The lowest BCUT2D eigenvalue weighted by Gasteiger charge is -2.11. The van der Waals surface area contributed by atoms with Crippen molar-refractivity contribution in [3.8, 4) is 28.7 Å². The zero-order chi connectivity index (χ0) is 20.6. The zero-order valence-corrected chi connectivity index (χ0v) is 16.7. The predicted octanol–water partition coefficient (Wildman–Crippen LogP) is 4.20. The molecule has 0 aliphatic heterocycles. The molecule has 0 atom stereocenters. The molecule has 29 heavy (non-hydrogen) atoms. The van der Waals surface area contributed by atoms with Crippen molar-refractivity contribution in [2.75, 3.05) is 25.1 Å². The van der Waals surface area contributed by atoms with E-state index in [1.54, 1.807) is 42.5 Å². The number of benzene rings is 2. The van der Waals surface area contributed by atoms with Crippen LogP contribution < -0.4 is 19.5 Å². The number of halogens is 1. The summed E-state index contributed by atoms with van der Waals surface area (Å²) in [4.78, 5) is 12.0. The summed E-state index contributed by atoms with van der Waals surface area (Å²) in [5.41, 5.74) is 0.641. The lowest BCUT2D eigenvalue weighted by atomic mass is 10.2. The fourth-order valence-corrected chi connectivity index (χ4v) is 2.54. The average molecular weight is 418 g/mol. The molecule has 0 bridgehead atoms. The van der Waals surface area contributed by atoms with Crippen LogP contribution in [0.1, 0.15) is 13.8 Å². The summed E-state index contributed by atoms with van der Waals surface area (Å²) in [6.45, 7) is 4.58. The molecule has 0 radical (unpaired) electrons. The Morgan fingerprint density at radius 2 is 1.72 bits per heavy atom. The van der Waals surface area contributed by atoms with Crippen molar-refractivity contribution in [2.45, 2.75) is 13.8 Å². The van der Waals surface area contributed by atoms with E-state index in [9.17, 15) is 4.79 Å². The van der Waals surface area contributed by atoms with Crippen LogP contribution in [-0.2, 0) is 4.79 Å². The van der Waals surface area contributed by atoms with E-state index < -0.39 is 5.91 Å². The Kier molecular flexibility index (Phi) is 6.91. The first-order chi connectivity index (χ1) is 14.1. The van der Waals surface area contributed by atoms with Crippen LogP contribution in [0, 0.1) is 0 Å². The summed E-state index contributed by atoms with van der Waals surface area (Å²) in [7, 11) is 0. The monoisotopic (exact) mass is 417 g/mol. The second kappa shape index (κ2) is 9.79. The van der Waals surface area contributed by atoms with Gasteiger partial charge in [-0.25, -0.2) is 0 Å². The topological polar surface area (TPSA) is 95.7 Å². The van der Waals surface area contributed by atoms with Gasteiger partial charge in [0.05, 0.1) is 13.2 Å². The van der Waals surface area contributed by atoms with Gasteiger partial charge in [-0.15, -0.1) is 5.10 Å². The number of amides is 1. The molecule has 0 saturated heterocycles. The smallest absolute Gasteiger partial charge is 0.322 e. The predicted molar refractivity (Wildman–Crippen MR) is 108 cm³/mol. The fraction of sp³-hybridized carbons (Fsp3) is 0.250. The van der Waals surface area contributed by atoms with Crippen LogP contribution in [0.5, 0.6) is 17.2 Å². The summed E-state index contributed by atoms with van der Waals surface area (Å²) in [6.07, 6.45) is 0.